The van der Waals surface area contributed by atoms with E-state index in [0.29, 0.717) is 5.75 Å². The second kappa shape index (κ2) is 4.89. The molecule has 1 amide bonds. The van der Waals surface area contributed by atoms with Gasteiger partial charge in [0.15, 0.2) is 0 Å². The molecule has 1 aliphatic rings. The lowest BCUT2D eigenvalue weighted by Crippen LogP contribution is -2.18. The van der Waals surface area contributed by atoms with Crippen molar-refractivity contribution in [3.05, 3.63) is 30.6 Å². The van der Waals surface area contributed by atoms with Gasteiger partial charge >= 0.3 is 0 Å². The van der Waals surface area contributed by atoms with Crippen molar-refractivity contribution in [3.63, 3.8) is 0 Å². The number of carbonyl (C=O) groups is 1. The molecule has 2 N–H and O–H groups in total. The number of hydrogen-bond donors (Lipinski definition) is 2. The lowest BCUT2D eigenvalue weighted by Gasteiger charge is -2.17. The molecule has 96 valence electrons. The number of hydrogen-bond acceptors (Lipinski definition) is 5. The van der Waals surface area contributed by atoms with Crippen molar-refractivity contribution in [2.24, 2.45) is 0 Å². The van der Waals surface area contributed by atoms with Gasteiger partial charge in [0.2, 0.25) is 5.91 Å². The minimum Gasteiger partial charge on any atom is -0.373 e. The zero-order valence-electron chi connectivity index (χ0n) is 10.3. The number of rotatable bonds is 2. The first-order valence-electron chi connectivity index (χ1n) is 5.83. The molecule has 2 heterocycles. The predicted octanol–water partition coefficient (Wildman–Crippen LogP) is 2.23. The predicted molar refractivity (Wildman–Crippen MR) is 76.4 cm³/mol. The maximum absolute atomic E-state index is 11.4. The van der Waals surface area contributed by atoms with Crippen molar-refractivity contribution in [3.8, 4) is 11.3 Å². The maximum atomic E-state index is 11.4. The Kier molecular flexibility index (Phi) is 3.08. The van der Waals surface area contributed by atoms with Crippen LogP contribution in [0.3, 0.4) is 0 Å². The van der Waals surface area contributed by atoms with Crippen molar-refractivity contribution in [1.29, 1.82) is 0 Å². The lowest BCUT2D eigenvalue weighted by atomic mass is 10.1. The van der Waals surface area contributed by atoms with Gasteiger partial charge in [-0.2, -0.15) is 0 Å². The van der Waals surface area contributed by atoms with Crippen molar-refractivity contribution < 1.29 is 4.79 Å². The molecule has 5 nitrogen and oxygen atoms in total. The van der Waals surface area contributed by atoms with E-state index in [2.05, 4.69) is 20.6 Å². The number of fused-ring (bicyclic) bond motifs is 1. The topological polar surface area (TPSA) is 66.9 Å². The monoisotopic (exact) mass is 272 g/mol. The summed E-state index contributed by atoms with van der Waals surface area (Å²) in [6, 6.07) is 7.84. The highest BCUT2D eigenvalue weighted by atomic mass is 32.2. The molecular weight excluding hydrogens is 260 g/mol. The van der Waals surface area contributed by atoms with Crippen molar-refractivity contribution in [2.45, 2.75) is 4.90 Å². The van der Waals surface area contributed by atoms with E-state index in [1.54, 1.807) is 11.8 Å². The number of amides is 1. The molecule has 0 unspecified atom stereocenters. The molecule has 3 rings (SSSR count). The summed E-state index contributed by atoms with van der Waals surface area (Å²) in [6.45, 7) is 0. The third-order valence-corrected chi connectivity index (χ3v) is 3.90. The van der Waals surface area contributed by atoms with Crippen molar-refractivity contribution in [1.82, 2.24) is 9.97 Å². The van der Waals surface area contributed by atoms with Crippen LogP contribution in [0.4, 0.5) is 11.5 Å². The normalized spacial score (nSPS) is 13.6. The van der Waals surface area contributed by atoms with Gasteiger partial charge in [-0.15, -0.1) is 11.8 Å². The molecule has 0 saturated carbocycles. The number of anilines is 2. The number of aromatic nitrogens is 2. The smallest absolute Gasteiger partial charge is 0.234 e. The fourth-order valence-electron chi connectivity index (χ4n) is 1.89. The van der Waals surface area contributed by atoms with E-state index in [0.717, 1.165) is 27.7 Å². The van der Waals surface area contributed by atoms with Gasteiger partial charge in [-0.05, 0) is 12.1 Å². The van der Waals surface area contributed by atoms with Gasteiger partial charge in [0, 0.05) is 23.6 Å². The summed E-state index contributed by atoms with van der Waals surface area (Å²) in [7, 11) is 1.82. The second-order valence-corrected chi connectivity index (χ2v) is 5.10. The summed E-state index contributed by atoms with van der Waals surface area (Å²) in [5.41, 5.74) is 2.63. The average molecular weight is 272 g/mol. The van der Waals surface area contributed by atoms with Crippen LogP contribution in [0, 0.1) is 0 Å². The van der Waals surface area contributed by atoms with E-state index in [9.17, 15) is 4.79 Å². The molecule has 0 aliphatic carbocycles. The summed E-state index contributed by atoms with van der Waals surface area (Å²) in [5.74, 6) is 1.28. The fraction of sp³-hybridized carbons (Fsp3) is 0.154. The Morgan fingerprint density at radius 3 is 3.05 bits per heavy atom. The SMILES string of the molecule is CNc1cc(-c2ccc3c(c2)NC(=O)CS3)ncn1. The zero-order chi connectivity index (χ0) is 13.2. The second-order valence-electron chi connectivity index (χ2n) is 4.09. The van der Waals surface area contributed by atoms with Crippen LogP contribution in [0.2, 0.25) is 0 Å². The molecule has 2 aromatic rings. The van der Waals surface area contributed by atoms with Crippen LogP contribution in [0.15, 0.2) is 35.5 Å². The number of carbonyl (C=O) groups excluding carboxylic acids is 1. The van der Waals surface area contributed by atoms with Gasteiger partial charge in [-0.1, -0.05) is 6.07 Å². The highest BCUT2D eigenvalue weighted by molar-refractivity contribution is 8.00. The van der Waals surface area contributed by atoms with E-state index in [4.69, 9.17) is 0 Å². The van der Waals surface area contributed by atoms with E-state index in [1.807, 2.05) is 31.3 Å². The van der Waals surface area contributed by atoms with Gasteiger partial charge in [-0.25, -0.2) is 9.97 Å². The first-order chi connectivity index (χ1) is 9.26. The van der Waals surface area contributed by atoms with Crippen LogP contribution < -0.4 is 10.6 Å². The Balaban J connectivity index is 2.01. The largest absolute Gasteiger partial charge is 0.373 e. The summed E-state index contributed by atoms with van der Waals surface area (Å²) in [5, 5.41) is 5.86. The Hall–Kier alpha value is -2.08. The van der Waals surface area contributed by atoms with E-state index in [-0.39, 0.29) is 5.91 Å². The Morgan fingerprint density at radius 1 is 1.32 bits per heavy atom. The molecule has 1 aromatic heterocycles. The summed E-state index contributed by atoms with van der Waals surface area (Å²) < 4.78 is 0. The van der Waals surface area contributed by atoms with Crippen LogP contribution in [0.5, 0.6) is 0 Å². The van der Waals surface area contributed by atoms with Crippen LogP contribution >= 0.6 is 11.8 Å². The molecule has 0 spiro atoms. The molecule has 1 aliphatic heterocycles. The summed E-state index contributed by atoms with van der Waals surface area (Å²) in [6.07, 6.45) is 1.52. The van der Waals surface area contributed by atoms with Gasteiger partial charge < -0.3 is 10.6 Å². The Labute approximate surface area is 114 Å². The molecule has 0 atom stereocenters. The van der Waals surface area contributed by atoms with Crippen LogP contribution in [-0.4, -0.2) is 28.7 Å². The van der Waals surface area contributed by atoms with Crippen LogP contribution in [0.25, 0.3) is 11.3 Å². The highest BCUT2D eigenvalue weighted by Crippen LogP contribution is 2.34. The van der Waals surface area contributed by atoms with Crippen molar-refractivity contribution >= 4 is 29.2 Å². The number of nitrogens with zero attached hydrogens (tertiary/aromatic N) is 2. The molecular formula is C13H12N4OS. The third kappa shape index (κ3) is 2.39. The number of thioether (sulfide) groups is 1. The van der Waals surface area contributed by atoms with Crippen LogP contribution in [0.1, 0.15) is 0 Å². The summed E-state index contributed by atoms with van der Waals surface area (Å²) in [4.78, 5) is 20.8. The van der Waals surface area contributed by atoms with Gasteiger partial charge in [0.25, 0.3) is 0 Å². The van der Waals surface area contributed by atoms with Gasteiger partial charge in [0.05, 0.1) is 17.1 Å². The molecule has 0 fully saturated rings. The standard InChI is InChI=1S/C13H12N4OS/c1-14-12-5-9(15-7-16-12)8-2-3-11-10(4-8)17-13(18)6-19-11/h2-5,7H,6H2,1H3,(H,17,18)(H,14,15,16). The third-order valence-electron chi connectivity index (χ3n) is 2.83. The highest BCUT2D eigenvalue weighted by Gasteiger charge is 2.16. The van der Waals surface area contributed by atoms with E-state index < -0.39 is 0 Å². The van der Waals surface area contributed by atoms with E-state index in [1.165, 1.54) is 6.33 Å². The maximum Gasteiger partial charge on any atom is 0.234 e. The first kappa shape index (κ1) is 12.0. The Bertz CT molecular complexity index is 644. The number of nitrogens with one attached hydrogen (secondary N) is 2. The van der Waals surface area contributed by atoms with Crippen molar-refractivity contribution in [2.75, 3.05) is 23.4 Å². The zero-order valence-corrected chi connectivity index (χ0v) is 11.1. The Morgan fingerprint density at radius 2 is 2.21 bits per heavy atom. The quantitative estimate of drug-likeness (QED) is 0.877. The molecule has 1 aromatic carbocycles. The number of benzene rings is 1. The fourth-order valence-corrected chi connectivity index (χ4v) is 2.68. The molecule has 19 heavy (non-hydrogen) atoms. The molecule has 0 radical (unpaired) electrons. The van der Waals surface area contributed by atoms with Crippen LogP contribution in [-0.2, 0) is 4.79 Å². The van der Waals surface area contributed by atoms with Gasteiger partial charge in [-0.3, -0.25) is 4.79 Å². The van der Waals surface area contributed by atoms with E-state index >= 15 is 0 Å². The molecule has 0 saturated heterocycles. The lowest BCUT2D eigenvalue weighted by molar-refractivity contribution is -0.113. The first-order valence-corrected chi connectivity index (χ1v) is 6.82. The average Bonchev–Trinajstić information content (AvgIpc) is 2.46. The van der Waals surface area contributed by atoms with Gasteiger partial charge in [0.1, 0.15) is 12.1 Å². The summed E-state index contributed by atoms with van der Waals surface area (Å²) >= 11 is 1.55. The minimum atomic E-state index is 0.0354. The minimum absolute atomic E-state index is 0.0354. The molecule has 0 bridgehead atoms. The molecule has 6 heteroatoms.